The Balaban J connectivity index is 1.31. The molecule has 3 heterocycles. The summed E-state index contributed by atoms with van der Waals surface area (Å²) in [7, 11) is 0. The van der Waals surface area contributed by atoms with Gasteiger partial charge in [-0.05, 0) is 19.1 Å². The highest BCUT2D eigenvalue weighted by Gasteiger charge is 2.38. The van der Waals surface area contributed by atoms with E-state index in [-0.39, 0.29) is 18.1 Å². The lowest BCUT2D eigenvalue weighted by Gasteiger charge is -2.36. The van der Waals surface area contributed by atoms with Crippen molar-refractivity contribution in [3.05, 3.63) is 39.6 Å². The van der Waals surface area contributed by atoms with Gasteiger partial charge in [0.1, 0.15) is 18.9 Å². The zero-order valence-corrected chi connectivity index (χ0v) is 21.4. The SMILES string of the molecule is Cc1c(Cl)c(C(F)(F)F)nn1CC(=O)N1CCN(c2ccc(Cl)c(OCCN3CCOCC3)c2)CC1. The highest BCUT2D eigenvalue weighted by atomic mass is 35.5. The van der Waals surface area contributed by atoms with E-state index in [1.54, 1.807) is 11.0 Å². The minimum Gasteiger partial charge on any atom is -0.491 e. The van der Waals surface area contributed by atoms with Crippen molar-refractivity contribution in [3.63, 3.8) is 0 Å². The Labute approximate surface area is 217 Å². The van der Waals surface area contributed by atoms with Gasteiger partial charge in [-0.3, -0.25) is 14.4 Å². The van der Waals surface area contributed by atoms with Gasteiger partial charge in [-0.15, -0.1) is 0 Å². The molecule has 198 valence electrons. The van der Waals surface area contributed by atoms with Crippen LogP contribution in [0.1, 0.15) is 11.4 Å². The van der Waals surface area contributed by atoms with Crippen LogP contribution in [0.15, 0.2) is 18.2 Å². The van der Waals surface area contributed by atoms with Gasteiger partial charge in [-0.25, -0.2) is 0 Å². The van der Waals surface area contributed by atoms with Crippen molar-refractivity contribution < 1.29 is 27.4 Å². The number of rotatable bonds is 7. The lowest BCUT2D eigenvalue weighted by molar-refractivity contribution is -0.142. The molecule has 0 atom stereocenters. The summed E-state index contributed by atoms with van der Waals surface area (Å²) in [6, 6.07) is 5.59. The van der Waals surface area contributed by atoms with Gasteiger partial charge in [-0.2, -0.15) is 18.3 Å². The number of benzene rings is 1. The summed E-state index contributed by atoms with van der Waals surface area (Å²) < 4.78 is 51.5. The zero-order valence-electron chi connectivity index (χ0n) is 19.9. The summed E-state index contributed by atoms with van der Waals surface area (Å²) in [5.41, 5.74) is -0.138. The molecule has 1 amide bonds. The summed E-state index contributed by atoms with van der Waals surface area (Å²) in [6.07, 6.45) is -4.68. The first-order chi connectivity index (χ1) is 17.1. The monoisotopic (exact) mass is 549 g/mol. The lowest BCUT2D eigenvalue weighted by Crippen LogP contribution is -2.49. The van der Waals surface area contributed by atoms with E-state index in [1.165, 1.54) is 6.92 Å². The third kappa shape index (κ3) is 6.37. The maximum absolute atomic E-state index is 13.1. The van der Waals surface area contributed by atoms with Crippen molar-refractivity contribution in [2.24, 2.45) is 0 Å². The second-order valence-corrected chi connectivity index (χ2v) is 9.47. The number of alkyl halides is 3. The third-order valence-corrected chi connectivity index (χ3v) is 7.13. The number of ether oxygens (including phenoxy) is 2. The average molecular weight is 550 g/mol. The van der Waals surface area contributed by atoms with Crippen molar-refractivity contribution in [3.8, 4) is 5.75 Å². The van der Waals surface area contributed by atoms with Gasteiger partial charge in [0, 0.05) is 57.6 Å². The normalized spacial score (nSPS) is 17.5. The summed E-state index contributed by atoms with van der Waals surface area (Å²) >= 11 is 12.1. The molecule has 2 aliphatic rings. The molecule has 0 unspecified atom stereocenters. The van der Waals surface area contributed by atoms with Crippen LogP contribution in [0.5, 0.6) is 5.75 Å². The number of halogens is 5. The third-order valence-electron chi connectivity index (χ3n) is 6.37. The summed E-state index contributed by atoms with van der Waals surface area (Å²) in [4.78, 5) is 18.8. The molecule has 0 saturated carbocycles. The Bertz CT molecular complexity index is 1070. The van der Waals surface area contributed by atoms with Crippen molar-refractivity contribution >= 4 is 34.8 Å². The molecule has 2 aromatic rings. The van der Waals surface area contributed by atoms with Crippen LogP contribution in [-0.2, 0) is 22.3 Å². The van der Waals surface area contributed by atoms with Gasteiger partial charge >= 0.3 is 6.18 Å². The molecule has 2 saturated heterocycles. The summed E-state index contributed by atoms with van der Waals surface area (Å²) in [5.74, 6) is 0.293. The van der Waals surface area contributed by atoms with E-state index in [1.807, 2.05) is 12.1 Å². The standard InChI is InChI=1S/C23H28Cl2F3N5O3/c1-16-21(25)22(23(26,27)28)29-33(16)15-20(34)32-6-4-31(5-7-32)17-2-3-18(24)19(14-17)36-13-10-30-8-11-35-12-9-30/h2-3,14H,4-13,15H2,1H3. The highest BCUT2D eigenvalue weighted by molar-refractivity contribution is 6.32. The van der Waals surface area contributed by atoms with E-state index in [0.717, 1.165) is 43.2 Å². The van der Waals surface area contributed by atoms with Crippen LogP contribution in [0.4, 0.5) is 18.9 Å². The molecule has 0 aliphatic carbocycles. The van der Waals surface area contributed by atoms with Crippen molar-refractivity contribution in [1.82, 2.24) is 19.6 Å². The first-order valence-electron chi connectivity index (χ1n) is 11.7. The van der Waals surface area contributed by atoms with Gasteiger partial charge in [0.15, 0.2) is 5.69 Å². The van der Waals surface area contributed by atoms with Gasteiger partial charge in [0.25, 0.3) is 0 Å². The molecule has 0 spiro atoms. The van der Waals surface area contributed by atoms with Crippen molar-refractivity contribution in [2.75, 3.05) is 70.5 Å². The number of nitrogens with zero attached hydrogens (tertiary/aromatic N) is 5. The molecular formula is C23H28Cl2F3N5O3. The number of carbonyl (C=O) groups excluding carboxylic acids is 1. The van der Waals surface area contributed by atoms with Gasteiger partial charge in [0.2, 0.25) is 5.91 Å². The zero-order chi connectivity index (χ0) is 25.9. The molecule has 2 fully saturated rings. The molecule has 0 bridgehead atoms. The van der Waals surface area contributed by atoms with Gasteiger partial charge in [0.05, 0.1) is 29.0 Å². The van der Waals surface area contributed by atoms with Crippen LogP contribution in [-0.4, -0.2) is 91.1 Å². The van der Waals surface area contributed by atoms with E-state index >= 15 is 0 Å². The average Bonchev–Trinajstić information content (AvgIpc) is 3.15. The molecule has 0 N–H and O–H groups in total. The van der Waals surface area contributed by atoms with E-state index in [0.29, 0.717) is 43.6 Å². The largest absolute Gasteiger partial charge is 0.491 e. The fourth-order valence-corrected chi connectivity index (χ4v) is 4.62. The Hall–Kier alpha value is -2.21. The maximum Gasteiger partial charge on any atom is 0.436 e. The number of anilines is 1. The molecular weight excluding hydrogens is 522 g/mol. The number of carbonyl (C=O) groups is 1. The van der Waals surface area contributed by atoms with Crippen molar-refractivity contribution in [2.45, 2.75) is 19.6 Å². The Morgan fingerprint density at radius 2 is 1.81 bits per heavy atom. The molecule has 36 heavy (non-hydrogen) atoms. The number of hydrogen-bond donors (Lipinski definition) is 0. The van der Waals surface area contributed by atoms with Gasteiger partial charge in [-0.1, -0.05) is 23.2 Å². The number of morpholine rings is 1. The molecule has 4 rings (SSSR count). The molecule has 8 nitrogen and oxygen atoms in total. The van der Waals surface area contributed by atoms with Crippen LogP contribution >= 0.6 is 23.2 Å². The molecule has 0 radical (unpaired) electrons. The van der Waals surface area contributed by atoms with E-state index in [9.17, 15) is 18.0 Å². The Kier molecular flexibility index (Phi) is 8.54. The van der Waals surface area contributed by atoms with Crippen LogP contribution in [0, 0.1) is 6.92 Å². The highest BCUT2D eigenvalue weighted by Crippen LogP contribution is 2.35. The number of piperazine rings is 1. The maximum atomic E-state index is 13.1. The second kappa shape index (κ2) is 11.5. The van der Waals surface area contributed by atoms with Crippen molar-refractivity contribution in [1.29, 1.82) is 0 Å². The smallest absolute Gasteiger partial charge is 0.436 e. The van der Waals surface area contributed by atoms with Crippen LogP contribution in [0.25, 0.3) is 0 Å². The lowest BCUT2D eigenvalue weighted by atomic mass is 10.2. The van der Waals surface area contributed by atoms with Crippen LogP contribution < -0.4 is 9.64 Å². The summed E-state index contributed by atoms with van der Waals surface area (Å²) in [6.45, 7) is 7.62. The van der Waals surface area contributed by atoms with E-state index in [4.69, 9.17) is 32.7 Å². The quantitative estimate of drug-likeness (QED) is 0.526. The minimum absolute atomic E-state index is 0.110. The fourth-order valence-electron chi connectivity index (χ4n) is 4.21. The molecule has 2 aliphatic heterocycles. The van der Waals surface area contributed by atoms with E-state index < -0.39 is 16.9 Å². The summed E-state index contributed by atoms with van der Waals surface area (Å²) in [5, 5.41) is 3.56. The Morgan fingerprint density at radius 3 is 2.44 bits per heavy atom. The Morgan fingerprint density at radius 1 is 1.11 bits per heavy atom. The molecule has 1 aromatic carbocycles. The second-order valence-electron chi connectivity index (χ2n) is 8.69. The minimum atomic E-state index is -4.68. The predicted molar refractivity (Wildman–Crippen MR) is 130 cm³/mol. The number of aromatic nitrogens is 2. The molecule has 1 aromatic heterocycles. The first kappa shape index (κ1) is 26.8. The van der Waals surface area contributed by atoms with Crippen LogP contribution in [0.3, 0.4) is 0 Å². The number of hydrogen-bond acceptors (Lipinski definition) is 6. The fraction of sp³-hybridized carbons (Fsp3) is 0.565. The predicted octanol–water partition coefficient (Wildman–Crippen LogP) is 3.58. The topological polar surface area (TPSA) is 63.1 Å². The van der Waals surface area contributed by atoms with E-state index in [2.05, 4.69) is 14.9 Å². The van der Waals surface area contributed by atoms with Crippen LogP contribution in [0.2, 0.25) is 10.0 Å². The first-order valence-corrected chi connectivity index (χ1v) is 12.4. The van der Waals surface area contributed by atoms with Gasteiger partial charge < -0.3 is 19.3 Å². The number of amides is 1. The molecule has 13 heteroatoms.